The SMILES string of the molecule is NCCn1nc2c3ccccc3nc(C3CC3)n2c1=O. The van der Waals surface area contributed by atoms with Gasteiger partial charge in [0.25, 0.3) is 0 Å². The molecule has 3 aromatic rings. The standard InChI is InChI=1S/C14H15N5O/c15-7-8-18-14(20)19-12(9-5-6-9)16-11-4-2-1-3-10(11)13(19)17-18/h1-4,9H,5-8,15H2. The van der Waals surface area contributed by atoms with Crippen molar-refractivity contribution in [3.8, 4) is 0 Å². The molecule has 2 N–H and O–H groups in total. The van der Waals surface area contributed by atoms with E-state index in [-0.39, 0.29) is 5.69 Å². The Balaban J connectivity index is 2.15. The van der Waals surface area contributed by atoms with Crippen LogP contribution in [0.2, 0.25) is 0 Å². The summed E-state index contributed by atoms with van der Waals surface area (Å²) in [5.41, 5.74) is 7.00. The van der Waals surface area contributed by atoms with Crippen LogP contribution >= 0.6 is 0 Å². The minimum atomic E-state index is -0.134. The topological polar surface area (TPSA) is 78.2 Å². The fraction of sp³-hybridized carbons (Fsp3) is 0.357. The molecule has 4 rings (SSSR count). The Hall–Kier alpha value is -2.21. The second-order valence-corrected chi connectivity index (χ2v) is 5.21. The molecule has 0 bridgehead atoms. The summed E-state index contributed by atoms with van der Waals surface area (Å²) in [4.78, 5) is 17.2. The van der Waals surface area contributed by atoms with Crippen molar-refractivity contribution in [2.75, 3.05) is 6.54 Å². The summed E-state index contributed by atoms with van der Waals surface area (Å²) in [5, 5.41) is 5.36. The summed E-state index contributed by atoms with van der Waals surface area (Å²) in [5.74, 6) is 1.22. The van der Waals surface area contributed by atoms with Crippen LogP contribution in [0.4, 0.5) is 0 Å². The lowest BCUT2D eigenvalue weighted by Crippen LogP contribution is -2.26. The Labute approximate surface area is 114 Å². The number of aromatic nitrogens is 4. The molecule has 0 spiro atoms. The Bertz CT molecular complexity index is 859. The molecule has 0 amide bonds. The first-order valence-corrected chi connectivity index (χ1v) is 6.88. The van der Waals surface area contributed by atoms with Crippen LogP contribution in [0, 0.1) is 0 Å². The Kier molecular flexibility index (Phi) is 2.40. The van der Waals surface area contributed by atoms with Crippen molar-refractivity contribution in [1.82, 2.24) is 19.2 Å². The van der Waals surface area contributed by atoms with Gasteiger partial charge in [-0.05, 0) is 25.0 Å². The minimum absolute atomic E-state index is 0.134. The van der Waals surface area contributed by atoms with Gasteiger partial charge in [-0.1, -0.05) is 12.1 Å². The first-order valence-electron chi connectivity index (χ1n) is 6.88. The van der Waals surface area contributed by atoms with Crippen molar-refractivity contribution in [2.45, 2.75) is 25.3 Å². The largest absolute Gasteiger partial charge is 0.351 e. The third kappa shape index (κ3) is 1.58. The number of para-hydroxylation sites is 1. The third-order valence-corrected chi connectivity index (χ3v) is 3.73. The van der Waals surface area contributed by atoms with Gasteiger partial charge < -0.3 is 5.73 Å². The molecule has 20 heavy (non-hydrogen) atoms. The summed E-state index contributed by atoms with van der Waals surface area (Å²) in [6, 6.07) is 7.81. The van der Waals surface area contributed by atoms with E-state index in [9.17, 15) is 4.79 Å². The zero-order valence-electron chi connectivity index (χ0n) is 11.0. The van der Waals surface area contributed by atoms with Gasteiger partial charge in [-0.2, -0.15) is 0 Å². The van der Waals surface area contributed by atoms with Gasteiger partial charge in [0, 0.05) is 17.8 Å². The van der Waals surface area contributed by atoms with E-state index >= 15 is 0 Å². The smallest absolute Gasteiger partial charge is 0.329 e. The number of benzene rings is 1. The lowest BCUT2D eigenvalue weighted by atomic mass is 10.2. The van der Waals surface area contributed by atoms with Gasteiger partial charge in [0.15, 0.2) is 5.65 Å². The van der Waals surface area contributed by atoms with Crippen LogP contribution in [0.25, 0.3) is 16.6 Å². The highest BCUT2D eigenvalue weighted by atomic mass is 16.2. The van der Waals surface area contributed by atoms with Crippen LogP contribution in [0.3, 0.4) is 0 Å². The molecule has 0 aliphatic heterocycles. The highest BCUT2D eigenvalue weighted by molar-refractivity contribution is 5.91. The molecule has 102 valence electrons. The van der Waals surface area contributed by atoms with Gasteiger partial charge >= 0.3 is 5.69 Å². The predicted molar refractivity (Wildman–Crippen MR) is 75.8 cm³/mol. The second kappa shape index (κ2) is 4.14. The van der Waals surface area contributed by atoms with Crippen LogP contribution in [0.5, 0.6) is 0 Å². The molecule has 0 saturated heterocycles. The summed E-state index contributed by atoms with van der Waals surface area (Å²) < 4.78 is 3.10. The molecule has 1 aliphatic carbocycles. The zero-order valence-corrected chi connectivity index (χ0v) is 11.0. The fourth-order valence-electron chi connectivity index (χ4n) is 2.61. The molecule has 1 aliphatic rings. The van der Waals surface area contributed by atoms with E-state index in [0.717, 1.165) is 29.6 Å². The summed E-state index contributed by atoms with van der Waals surface area (Å²) in [6.07, 6.45) is 2.18. The number of hydrogen-bond donors (Lipinski definition) is 1. The lowest BCUT2D eigenvalue weighted by molar-refractivity contribution is 0.600. The number of nitrogens with two attached hydrogens (primary N) is 1. The molecule has 0 atom stereocenters. The number of fused-ring (bicyclic) bond motifs is 3. The average molecular weight is 269 g/mol. The van der Waals surface area contributed by atoms with Crippen molar-refractivity contribution < 1.29 is 0 Å². The van der Waals surface area contributed by atoms with Crippen molar-refractivity contribution in [2.24, 2.45) is 5.73 Å². The van der Waals surface area contributed by atoms with E-state index < -0.39 is 0 Å². The molecule has 6 heteroatoms. The first-order chi connectivity index (χ1) is 9.79. The molecule has 0 radical (unpaired) electrons. The summed E-state index contributed by atoms with van der Waals surface area (Å²) >= 11 is 0. The van der Waals surface area contributed by atoms with Crippen LogP contribution in [-0.4, -0.2) is 25.7 Å². The lowest BCUT2D eigenvalue weighted by Gasteiger charge is -2.04. The third-order valence-electron chi connectivity index (χ3n) is 3.73. The Morgan fingerprint density at radius 3 is 2.85 bits per heavy atom. The molecule has 2 aromatic heterocycles. The van der Waals surface area contributed by atoms with Crippen LogP contribution in [0.1, 0.15) is 24.6 Å². The van der Waals surface area contributed by atoms with E-state index in [1.165, 1.54) is 4.68 Å². The fourth-order valence-corrected chi connectivity index (χ4v) is 2.61. The van der Waals surface area contributed by atoms with E-state index in [1.807, 2.05) is 24.3 Å². The Morgan fingerprint density at radius 2 is 2.10 bits per heavy atom. The van der Waals surface area contributed by atoms with Gasteiger partial charge in [-0.3, -0.25) is 0 Å². The highest BCUT2D eigenvalue weighted by Crippen LogP contribution is 2.39. The quantitative estimate of drug-likeness (QED) is 0.765. The van der Waals surface area contributed by atoms with Crippen molar-refractivity contribution in [3.05, 3.63) is 40.6 Å². The van der Waals surface area contributed by atoms with Gasteiger partial charge in [0.05, 0.1) is 12.1 Å². The number of hydrogen-bond acceptors (Lipinski definition) is 4. The maximum absolute atomic E-state index is 12.5. The molecule has 6 nitrogen and oxygen atoms in total. The molecular weight excluding hydrogens is 254 g/mol. The molecule has 0 unspecified atom stereocenters. The van der Waals surface area contributed by atoms with Gasteiger partial charge in [0.1, 0.15) is 5.82 Å². The van der Waals surface area contributed by atoms with Gasteiger partial charge in [-0.25, -0.2) is 18.9 Å². The molecular formula is C14H15N5O. The minimum Gasteiger partial charge on any atom is -0.329 e. The number of nitrogens with zero attached hydrogens (tertiary/aromatic N) is 4. The van der Waals surface area contributed by atoms with E-state index in [1.54, 1.807) is 4.40 Å². The molecule has 1 fully saturated rings. The maximum atomic E-state index is 12.5. The average Bonchev–Trinajstić information content (AvgIpc) is 3.25. The summed E-state index contributed by atoms with van der Waals surface area (Å²) in [6.45, 7) is 0.826. The van der Waals surface area contributed by atoms with E-state index in [0.29, 0.717) is 24.7 Å². The van der Waals surface area contributed by atoms with Crippen LogP contribution in [-0.2, 0) is 6.54 Å². The maximum Gasteiger partial charge on any atom is 0.351 e. The normalized spacial score (nSPS) is 15.2. The van der Waals surface area contributed by atoms with Crippen molar-refractivity contribution in [3.63, 3.8) is 0 Å². The number of rotatable bonds is 3. The van der Waals surface area contributed by atoms with Crippen molar-refractivity contribution in [1.29, 1.82) is 0 Å². The zero-order chi connectivity index (χ0) is 13.7. The molecule has 1 saturated carbocycles. The highest BCUT2D eigenvalue weighted by Gasteiger charge is 2.30. The van der Waals surface area contributed by atoms with Gasteiger partial charge in [-0.15, -0.1) is 5.10 Å². The molecule has 2 heterocycles. The van der Waals surface area contributed by atoms with E-state index in [2.05, 4.69) is 10.1 Å². The van der Waals surface area contributed by atoms with E-state index in [4.69, 9.17) is 5.73 Å². The van der Waals surface area contributed by atoms with Crippen molar-refractivity contribution >= 4 is 16.6 Å². The molecule has 1 aromatic carbocycles. The monoisotopic (exact) mass is 269 g/mol. The first kappa shape index (κ1) is 11.6. The van der Waals surface area contributed by atoms with Crippen LogP contribution in [0.15, 0.2) is 29.1 Å². The predicted octanol–water partition coefficient (Wildman–Crippen LogP) is 0.880. The van der Waals surface area contributed by atoms with Gasteiger partial charge in [0.2, 0.25) is 0 Å². The second-order valence-electron chi connectivity index (χ2n) is 5.21. The van der Waals surface area contributed by atoms with Crippen LogP contribution < -0.4 is 11.4 Å². The Morgan fingerprint density at radius 1 is 1.30 bits per heavy atom. The summed E-state index contributed by atoms with van der Waals surface area (Å²) in [7, 11) is 0.